The number of hydrogen-bond acceptors (Lipinski definition) is 6. The molecule has 9 heteroatoms. The summed E-state index contributed by atoms with van der Waals surface area (Å²) in [7, 11) is 0. The number of carbonyl (C=O) groups excluding carboxylic acids is 3. The first kappa shape index (κ1) is 22.5. The Balaban J connectivity index is 1.95. The Morgan fingerprint density at radius 1 is 1.10 bits per heavy atom. The van der Waals surface area contributed by atoms with E-state index < -0.39 is 35.4 Å². The number of amides is 2. The van der Waals surface area contributed by atoms with Gasteiger partial charge in [0.25, 0.3) is 17.5 Å². The monoisotopic (exact) mass is 413 g/mol. The van der Waals surface area contributed by atoms with Crippen molar-refractivity contribution < 1.29 is 24.0 Å². The third-order valence-corrected chi connectivity index (χ3v) is 4.28. The molecule has 0 aliphatic heterocycles. The molecule has 0 aliphatic carbocycles. The minimum atomic E-state index is -0.939. The number of nitro groups is 1. The lowest BCUT2D eigenvalue weighted by Crippen LogP contribution is -2.45. The largest absolute Gasteiger partial charge is 0.454 e. The molecule has 2 amide bonds. The molecule has 2 N–H and O–H groups in total. The third-order valence-electron chi connectivity index (χ3n) is 4.28. The van der Waals surface area contributed by atoms with E-state index in [9.17, 15) is 24.5 Å². The first-order valence-corrected chi connectivity index (χ1v) is 9.26. The maximum atomic E-state index is 12.4. The van der Waals surface area contributed by atoms with Gasteiger partial charge in [-0.15, -0.1) is 0 Å². The van der Waals surface area contributed by atoms with Gasteiger partial charge in [0.2, 0.25) is 0 Å². The standard InChI is InChI=1S/C21H23N3O6/c1-13(2)19(23-20(26)15-7-5-4-6-8-15)21(27)30-12-18(25)22-16-10-9-14(3)17(11-16)24(28)29/h4-11,13,19H,12H2,1-3H3,(H,22,25)(H,23,26)/t19-/m1/s1. The molecule has 0 radical (unpaired) electrons. The summed E-state index contributed by atoms with van der Waals surface area (Å²) in [6.07, 6.45) is 0. The highest BCUT2D eigenvalue weighted by Crippen LogP contribution is 2.22. The van der Waals surface area contributed by atoms with E-state index in [1.165, 1.54) is 18.2 Å². The van der Waals surface area contributed by atoms with Crippen molar-refractivity contribution in [1.82, 2.24) is 5.32 Å². The number of nitrogens with zero attached hydrogens (tertiary/aromatic N) is 1. The molecule has 30 heavy (non-hydrogen) atoms. The lowest BCUT2D eigenvalue weighted by molar-refractivity contribution is -0.385. The van der Waals surface area contributed by atoms with Crippen molar-refractivity contribution in [1.29, 1.82) is 0 Å². The molecule has 0 unspecified atom stereocenters. The molecular formula is C21H23N3O6. The van der Waals surface area contributed by atoms with Gasteiger partial charge in [-0.3, -0.25) is 19.7 Å². The molecule has 1 atom stereocenters. The number of carbonyl (C=O) groups is 3. The zero-order valence-corrected chi connectivity index (χ0v) is 16.9. The van der Waals surface area contributed by atoms with Crippen LogP contribution in [0.3, 0.4) is 0 Å². The van der Waals surface area contributed by atoms with E-state index >= 15 is 0 Å². The van der Waals surface area contributed by atoms with Gasteiger partial charge in [0.15, 0.2) is 6.61 Å². The molecule has 0 aliphatic rings. The van der Waals surface area contributed by atoms with Crippen molar-refractivity contribution in [3.8, 4) is 0 Å². The van der Waals surface area contributed by atoms with Crippen LogP contribution in [0.15, 0.2) is 48.5 Å². The summed E-state index contributed by atoms with van der Waals surface area (Å²) in [5.41, 5.74) is 0.937. The third kappa shape index (κ3) is 6.13. The van der Waals surface area contributed by atoms with Gasteiger partial charge < -0.3 is 15.4 Å². The van der Waals surface area contributed by atoms with Crippen LogP contribution < -0.4 is 10.6 Å². The predicted octanol–water partition coefficient (Wildman–Crippen LogP) is 2.84. The summed E-state index contributed by atoms with van der Waals surface area (Å²) in [5.74, 6) is -2.10. The molecule has 0 saturated heterocycles. The first-order chi connectivity index (χ1) is 14.2. The Morgan fingerprint density at radius 3 is 2.37 bits per heavy atom. The van der Waals surface area contributed by atoms with Crippen molar-refractivity contribution in [2.24, 2.45) is 5.92 Å². The smallest absolute Gasteiger partial charge is 0.329 e. The topological polar surface area (TPSA) is 128 Å². The Morgan fingerprint density at radius 2 is 1.77 bits per heavy atom. The van der Waals surface area contributed by atoms with Crippen LogP contribution in [0.25, 0.3) is 0 Å². The molecule has 0 heterocycles. The van der Waals surface area contributed by atoms with Crippen molar-refractivity contribution in [3.05, 3.63) is 69.8 Å². The second-order valence-corrected chi connectivity index (χ2v) is 6.98. The predicted molar refractivity (Wildman–Crippen MR) is 110 cm³/mol. The highest BCUT2D eigenvalue weighted by atomic mass is 16.6. The number of aryl methyl sites for hydroxylation is 1. The van der Waals surface area contributed by atoms with Crippen LogP contribution >= 0.6 is 0 Å². The highest BCUT2D eigenvalue weighted by molar-refractivity contribution is 5.97. The number of benzene rings is 2. The minimum Gasteiger partial charge on any atom is -0.454 e. The number of esters is 1. The minimum absolute atomic E-state index is 0.131. The zero-order valence-electron chi connectivity index (χ0n) is 16.9. The van der Waals surface area contributed by atoms with Crippen LogP contribution in [-0.4, -0.2) is 35.4 Å². The van der Waals surface area contributed by atoms with Crippen LogP contribution in [0.5, 0.6) is 0 Å². The highest BCUT2D eigenvalue weighted by Gasteiger charge is 2.26. The summed E-state index contributed by atoms with van der Waals surface area (Å²) in [6, 6.07) is 11.7. The van der Waals surface area contributed by atoms with E-state index in [-0.39, 0.29) is 17.3 Å². The van der Waals surface area contributed by atoms with Gasteiger partial charge in [-0.2, -0.15) is 0 Å². The second kappa shape index (κ2) is 10.1. The average molecular weight is 413 g/mol. The number of nitrogens with one attached hydrogen (secondary N) is 2. The van der Waals surface area contributed by atoms with E-state index in [0.717, 1.165) is 0 Å². The molecule has 0 bridgehead atoms. The maximum Gasteiger partial charge on any atom is 0.329 e. The second-order valence-electron chi connectivity index (χ2n) is 6.98. The van der Waals surface area contributed by atoms with Gasteiger partial charge in [0.05, 0.1) is 4.92 Å². The lowest BCUT2D eigenvalue weighted by atomic mass is 10.0. The Labute approximate surface area is 173 Å². The molecule has 0 spiro atoms. The number of anilines is 1. The quantitative estimate of drug-likeness (QED) is 0.389. The fraction of sp³-hybridized carbons (Fsp3) is 0.286. The van der Waals surface area contributed by atoms with E-state index in [0.29, 0.717) is 11.1 Å². The number of nitro benzene ring substituents is 1. The summed E-state index contributed by atoms with van der Waals surface area (Å²) in [6.45, 7) is 4.47. The molecule has 0 saturated carbocycles. The SMILES string of the molecule is Cc1ccc(NC(=O)COC(=O)[C@H](NC(=O)c2ccccc2)C(C)C)cc1[N+](=O)[O-]. The van der Waals surface area contributed by atoms with E-state index in [1.807, 2.05) is 0 Å². The van der Waals surface area contributed by atoms with Crippen LogP contribution in [0, 0.1) is 23.0 Å². The summed E-state index contributed by atoms with van der Waals surface area (Å²) in [5, 5.41) is 16.1. The van der Waals surface area contributed by atoms with Gasteiger partial charge in [-0.05, 0) is 31.0 Å². The van der Waals surface area contributed by atoms with Gasteiger partial charge in [-0.1, -0.05) is 38.1 Å². The molecule has 0 fully saturated rings. The fourth-order valence-electron chi connectivity index (χ4n) is 2.62. The van der Waals surface area contributed by atoms with Gasteiger partial charge in [-0.25, -0.2) is 4.79 Å². The number of rotatable bonds is 8. The number of ether oxygens (including phenoxy) is 1. The van der Waals surface area contributed by atoms with E-state index in [4.69, 9.17) is 4.74 Å². The van der Waals surface area contributed by atoms with Crippen molar-refractivity contribution in [2.75, 3.05) is 11.9 Å². The molecule has 0 aromatic heterocycles. The van der Waals surface area contributed by atoms with Gasteiger partial charge >= 0.3 is 5.97 Å². The van der Waals surface area contributed by atoms with Crippen LogP contribution in [0.1, 0.15) is 29.8 Å². The molecule has 9 nitrogen and oxygen atoms in total. The van der Waals surface area contributed by atoms with Crippen LogP contribution in [0.2, 0.25) is 0 Å². The molecule has 158 valence electrons. The maximum absolute atomic E-state index is 12.4. The van der Waals surface area contributed by atoms with E-state index in [2.05, 4.69) is 10.6 Å². The molecular weight excluding hydrogens is 390 g/mol. The zero-order chi connectivity index (χ0) is 22.3. The first-order valence-electron chi connectivity index (χ1n) is 9.26. The summed E-state index contributed by atoms with van der Waals surface area (Å²) in [4.78, 5) is 47.2. The summed E-state index contributed by atoms with van der Waals surface area (Å²) < 4.78 is 5.04. The van der Waals surface area contributed by atoms with Crippen LogP contribution in [0.4, 0.5) is 11.4 Å². The van der Waals surface area contributed by atoms with Crippen LogP contribution in [-0.2, 0) is 14.3 Å². The van der Waals surface area contributed by atoms with Crippen molar-refractivity contribution in [3.63, 3.8) is 0 Å². The Bertz CT molecular complexity index is 943. The van der Waals surface area contributed by atoms with Crippen molar-refractivity contribution >= 4 is 29.2 Å². The Hall–Kier alpha value is -3.75. The fourth-order valence-corrected chi connectivity index (χ4v) is 2.62. The molecule has 2 aromatic carbocycles. The van der Waals surface area contributed by atoms with Crippen molar-refractivity contribution in [2.45, 2.75) is 26.8 Å². The normalized spacial score (nSPS) is 11.5. The van der Waals surface area contributed by atoms with Gasteiger partial charge in [0.1, 0.15) is 6.04 Å². The van der Waals surface area contributed by atoms with Gasteiger partial charge in [0, 0.05) is 22.9 Å². The number of hydrogen-bond donors (Lipinski definition) is 2. The molecule has 2 rings (SSSR count). The Kier molecular flexibility index (Phi) is 7.62. The lowest BCUT2D eigenvalue weighted by Gasteiger charge is -2.20. The van der Waals surface area contributed by atoms with E-state index in [1.54, 1.807) is 51.1 Å². The molecule has 2 aromatic rings. The summed E-state index contributed by atoms with van der Waals surface area (Å²) >= 11 is 0. The average Bonchev–Trinajstić information content (AvgIpc) is 2.71.